The normalized spacial score (nSPS) is 10.6. The molecule has 2 aromatic heterocycles. The number of hydrogen-bond donors (Lipinski definition) is 1. The maximum atomic E-state index is 11.4. The third kappa shape index (κ3) is 1.69. The molecule has 0 amide bonds. The first-order valence-corrected chi connectivity index (χ1v) is 4.95. The molecule has 0 bridgehead atoms. The number of aromatic hydroxyl groups is 1. The van der Waals surface area contributed by atoms with Crippen LogP contribution >= 0.6 is 11.6 Å². The second kappa shape index (κ2) is 4.02. The molecule has 0 aliphatic heterocycles. The van der Waals surface area contributed by atoms with Crippen LogP contribution in [-0.4, -0.2) is 22.7 Å². The number of halogens is 1. The summed E-state index contributed by atoms with van der Waals surface area (Å²) in [5, 5.41) is 10.3. The number of pyridine rings is 1. The molecule has 0 atom stereocenters. The van der Waals surface area contributed by atoms with Crippen molar-refractivity contribution < 1.29 is 19.1 Å². The number of furan rings is 1. The third-order valence-electron chi connectivity index (χ3n) is 1.98. The molecular weight excluding hydrogens is 234 g/mol. The highest BCUT2D eigenvalue weighted by molar-refractivity contribution is 6.30. The Labute approximate surface area is 95.6 Å². The summed E-state index contributed by atoms with van der Waals surface area (Å²) in [6.45, 7) is 1.87. The Balaban J connectivity index is 2.56. The average molecular weight is 242 g/mol. The fourth-order valence-electron chi connectivity index (χ4n) is 1.30. The van der Waals surface area contributed by atoms with Crippen molar-refractivity contribution >= 4 is 28.5 Å². The Hall–Kier alpha value is -1.75. The van der Waals surface area contributed by atoms with E-state index in [0.717, 1.165) is 0 Å². The first-order chi connectivity index (χ1) is 7.63. The zero-order valence-electron chi connectivity index (χ0n) is 8.36. The van der Waals surface area contributed by atoms with E-state index in [0.29, 0.717) is 5.39 Å². The lowest BCUT2D eigenvalue weighted by atomic mass is 10.3. The van der Waals surface area contributed by atoms with Crippen molar-refractivity contribution in [3.8, 4) is 5.75 Å². The molecule has 6 heteroatoms. The number of ether oxygens (including phenoxy) is 1. The number of nitrogens with zero attached hydrogens (tertiary/aromatic N) is 1. The molecule has 0 radical (unpaired) electrons. The summed E-state index contributed by atoms with van der Waals surface area (Å²) in [5.41, 5.74) is 0.282. The van der Waals surface area contributed by atoms with E-state index in [1.165, 1.54) is 12.3 Å². The smallest absolute Gasteiger partial charge is 0.378 e. The average Bonchev–Trinajstić information content (AvgIpc) is 2.57. The minimum Gasteiger partial charge on any atom is -0.504 e. The van der Waals surface area contributed by atoms with Crippen LogP contribution in [0, 0.1) is 0 Å². The molecule has 5 nitrogen and oxygen atoms in total. The zero-order valence-corrected chi connectivity index (χ0v) is 9.11. The molecule has 2 rings (SSSR count). The van der Waals surface area contributed by atoms with Gasteiger partial charge in [-0.1, -0.05) is 11.6 Å². The van der Waals surface area contributed by atoms with Gasteiger partial charge in [-0.25, -0.2) is 9.78 Å². The van der Waals surface area contributed by atoms with Crippen molar-refractivity contribution in [3.05, 3.63) is 23.2 Å². The van der Waals surface area contributed by atoms with Crippen LogP contribution in [0.4, 0.5) is 0 Å². The van der Waals surface area contributed by atoms with Crippen molar-refractivity contribution in [1.29, 1.82) is 0 Å². The SMILES string of the molecule is CCOC(=O)c1oc2cnc(Cl)cc2c1O. The van der Waals surface area contributed by atoms with Crippen molar-refractivity contribution in [1.82, 2.24) is 4.98 Å². The Morgan fingerprint density at radius 2 is 2.44 bits per heavy atom. The first kappa shape index (κ1) is 10.8. The summed E-state index contributed by atoms with van der Waals surface area (Å²) in [4.78, 5) is 15.2. The van der Waals surface area contributed by atoms with Gasteiger partial charge >= 0.3 is 5.97 Å². The molecule has 16 heavy (non-hydrogen) atoms. The van der Waals surface area contributed by atoms with E-state index < -0.39 is 5.97 Å². The maximum absolute atomic E-state index is 11.4. The van der Waals surface area contributed by atoms with Crippen LogP contribution in [0.5, 0.6) is 5.75 Å². The zero-order chi connectivity index (χ0) is 11.7. The number of hydrogen-bond acceptors (Lipinski definition) is 5. The minimum absolute atomic E-state index is 0.203. The van der Waals surface area contributed by atoms with Crippen LogP contribution in [0.3, 0.4) is 0 Å². The quantitative estimate of drug-likeness (QED) is 0.645. The number of carbonyl (C=O) groups is 1. The second-order valence-electron chi connectivity index (χ2n) is 3.00. The van der Waals surface area contributed by atoms with Crippen molar-refractivity contribution in [2.75, 3.05) is 6.61 Å². The molecule has 0 aliphatic rings. The molecule has 84 valence electrons. The van der Waals surface area contributed by atoms with E-state index in [1.54, 1.807) is 6.92 Å². The number of rotatable bonds is 2. The minimum atomic E-state index is -0.715. The molecule has 0 spiro atoms. The fraction of sp³-hybridized carbons (Fsp3) is 0.200. The molecular formula is C10H8ClNO4. The number of aromatic nitrogens is 1. The van der Waals surface area contributed by atoms with Gasteiger partial charge in [-0.15, -0.1) is 0 Å². The molecule has 0 aliphatic carbocycles. The Morgan fingerprint density at radius 3 is 3.12 bits per heavy atom. The van der Waals surface area contributed by atoms with Gasteiger partial charge < -0.3 is 14.3 Å². The monoisotopic (exact) mass is 241 g/mol. The number of carbonyl (C=O) groups excluding carboxylic acids is 1. The molecule has 0 saturated carbocycles. The first-order valence-electron chi connectivity index (χ1n) is 4.57. The summed E-state index contributed by atoms with van der Waals surface area (Å²) < 4.78 is 9.84. The van der Waals surface area contributed by atoms with E-state index >= 15 is 0 Å². The highest BCUT2D eigenvalue weighted by Gasteiger charge is 2.21. The lowest BCUT2D eigenvalue weighted by Gasteiger charge is -1.97. The van der Waals surface area contributed by atoms with Crippen LogP contribution in [0.2, 0.25) is 5.15 Å². The van der Waals surface area contributed by atoms with Crippen LogP contribution in [0.15, 0.2) is 16.7 Å². The summed E-state index contributed by atoms with van der Waals surface area (Å²) in [7, 11) is 0. The van der Waals surface area contributed by atoms with Gasteiger partial charge in [0, 0.05) is 0 Å². The molecule has 2 aromatic rings. The maximum Gasteiger partial charge on any atom is 0.378 e. The van der Waals surface area contributed by atoms with Gasteiger partial charge in [0.2, 0.25) is 0 Å². The Bertz CT molecular complexity index is 549. The predicted molar refractivity (Wildman–Crippen MR) is 56.6 cm³/mol. The van der Waals surface area contributed by atoms with E-state index in [2.05, 4.69) is 4.98 Å². The topological polar surface area (TPSA) is 72.6 Å². The van der Waals surface area contributed by atoms with Crippen LogP contribution < -0.4 is 0 Å². The standard InChI is InChI=1S/C10H8ClNO4/c1-2-15-10(14)9-8(13)5-3-7(11)12-4-6(5)16-9/h3-4,13H,2H2,1H3. The van der Waals surface area contributed by atoms with E-state index in [1.807, 2.05) is 0 Å². The van der Waals surface area contributed by atoms with Gasteiger partial charge in [0.05, 0.1) is 18.2 Å². The van der Waals surface area contributed by atoms with Crippen LogP contribution in [0.25, 0.3) is 11.0 Å². The van der Waals surface area contributed by atoms with Gasteiger partial charge in [-0.2, -0.15) is 0 Å². The molecule has 0 fully saturated rings. The lowest BCUT2D eigenvalue weighted by molar-refractivity contribution is 0.0488. The van der Waals surface area contributed by atoms with Crippen molar-refractivity contribution in [3.63, 3.8) is 0 Å². The molecule has 1 N–H and O–H groups in total. The van der Waals surface area contributed by atoms with Gasteiger partial charge in [0.25, 0.3) is 5.76 Å². The predicted octanol–water partition coefficient (Wildman–Crippen LogP) is 2.36. The van der Waals surface area contributed by atoms with Gasteiger partial charge in [0.1, 0.15) is 5.15 Å². The highest BCUT2D eigenvalue weighted by atomic mass is 35.5. The number of esters is 1. The van der Waals surface area contributed by atoms with Crippen LogP contribution in [-0.2, 0) is 4.74 Å². The Morgan fingerprint density at radius 1 is 1.69 bits per heavy atom. The van der Waals surface area contributed by atoms with E-state index in [9.17, 15) is 9.90 Å². The van der Waals surface area contributed by atoms with Crippen LogP contribution in [0.1, 0.15) is 17.5 Å². The van der Waals surface area contributed by atoms with E-state index in [-0.39, 0.29) is 28.9 Å². The summed E-state index contributed by atoms with van der Waals surface area (Å²) >= 11 is 5.66. The summed E-state index contributed by atoms with van der Waals surface area (Å²) in [6, 6.07) is 1.42. The Kier molecular flexibility index (Phi) is 2.70. The van der Waals surface area contributed by atoms with Gasteiger partial charge in [-0.05, 0) is 13.0 Å². The van der Waals surface area contributed by atoms with Crippen molar-refractivity contribution in [2.45, 2.75) is 6.92 Å². The van der Waals surface area contributed by atoms with E-state index in [4.69, 9.17) is 20.8 Å². The molecule has 0 unspecified atom stereocenters. The molecule has 0 aromatic carbocycles. The summed E-state index contributed by atoms with van der Waals surface area (Å²) in [6.07, 6.45) is 1.33. The third-order valence-corrected chi connectivity index (χ3v) is 2.18. The van der Waals surface area contributed by atoms with Crippen molar-refractivity contribution in [2.24, 2.45) is 0 Å². The van der Waals surface area contributed by atoms with Gasteiger partial charge in [-0.3, -0.25) is 0 Å². The largest absolute Gasteiger partial charge is 0.504 e. The lowest BCUT2D eigenvalue weighted by Crippen LogP contribution is -2.02. The molecule has 2 heterocycles. The molecule has 0 saturated heterocycles. The second-order valence-corrected chi connectivity index (χ2v) is 3.39. The summed E-state index contributed by atoms with van der Waals surface area (Å²) in [5.74, 6) is -1.23. The number of fused-ring (bicyclic) bond motifs is 1. The van der Waals surface area contributed by atoms with Gasteiger partial charge in [0.15, 0.2) is 11.3 Å². The highest BCUT2D eigenvalue weighted by Crippen LogP contribution is 2.33. The fourth-order valence-corrected chi connectivity index (χ4v) is 1.46.